The maximum absolute atomic E-state index is 12.0. The minimum atomic E-state index is -3.95. The molecule has 0 spiro atoms. The summed E-state index contributed by atoms with van der Waals surface area (Å²) in [6.07, 6.45) is 0.0402. The number of rotatable bonds is 6. The molecule has 1 heterocycles. The fourth-order valence-corrected chi connectivity index (χ4v) is 3.06. The normalized spacial score (nSPS) is 14.2. The van der Waals surface area contributed by atoms with Crippen molar-refractivity contribution in [3.63, 3.8) is 0 Å². The van der Waals surface area contributed by atoms with Crippen LogP contribution in [0.25, 0.3) is 0 Å². The molecule has 2 rings (SSSR count). The van der Waals surface area contributed by atoms with Crippen LogP contribution in [0, 0.1) is 0 Å². The molecule has 0 saturated carbocycles. The Morgan fingerprint density at radius 3 is 2.44 bits per heavy atom. The van der Waals surface area contributed by atoms with Crippen molar-refractivity contribution in [3.05, 3.63) is 24.3 Å². The highest BCUT2D eigenvalue weighted by atomic mass is 32.2. The fraction of sp³-hybridized carbons (Fsp3) is 0.333. The quantitative estimate of drug-likeness (QED) is 0.713. The molecule has 10 heteroatoms. The first kappa shape index (κ1) is 18.6. The van der Waals surface area contributed by atoms with Crippen molar-refractivity contribution in [2.45, 2.75) is 25.2 Å². The van der Waals surface area contributed by atoms with Crippen LogP contribution in [0.5, 0.6) is 0 Å². The number of carbonyl (C=O) groups is 3. The highest BCUT2D eigenvalue weighted by Crippen LogP contribution is 2.21. The van der Waals surface area contributed by atoms with Crippen molar-refractivity contribution >= 4 is 39.1 Å². The second-order valence-corrected chi connectivity index (χ2v) is 6.71. The molecule has 0 atom stereocenters. The zero-order chi connectivity index (χ0) is 18.6. The number of amides is 1. The molecular weight excluding hydrogens is 350 g/mol. The summed E-state index contributed by atoms with van der Waals surface area (Å²) in [6, 6.07) is 5.41. The predicted octanol–water partition coefficient (Wildman–Crippen LogP) is 0.210. The molecule has 1 aromatic carbocycles. The number of hydrogen-bond donors (Lipinski definition) is 1. The molecule has 0 saturated heterocycles. The molecule has 0 radical (unpaired) electrons. The molecule has 1 N–H and O–H groups in total. The molecule has 1 aliphatic rings. The SMILES string of the molecule is CCOC(=O)C1=NN(c2ccc(S(=O)(=O)NC(=O)CC)cc2)CC1=O. The molecular formula is C15H17N3O6S. The number of sulfonamides is 1. The molecule has 1 amide bonds. The Hall–Kier alpha value is -2.75. The van der Waals surface area contributed by atoms with Gasteiger partial charge in [-0.2, -0.15) is 5.10 Å². The topological polar surface area (TPSA) is 122 Å². The average molecular weight is 367 g/mol. The van der Waals surface area contributed by atoms with Crippen molar-refractivity contribution in [1.82, 2.24) is 4.72 Å². The number of nitrogens with zero attached hydrogens (tertiary/aromatic N) is 2. The van der Waals surface area contributed by atoms with E-state index in [1.165, 1.54) is 36.2 Å². The van der Waals surface area contributed by atoms with Crippen LogP contribution < -0.4 is 9.73 Å². The summed E-state index contributed by atoms with van der Waals surface area (Å²) in [4.78, 5) is 34.6. The summed E-state index contributed by atoms with van der Waals surface area (Å²) in [5, 5.41) is 5.19. The first-order valence-corrected chi connectivity index (χ1v) is 8.99. The molecule has 0 aliphatic carbocycles. The van der Waals surface area contributed by atoms with Gasteiger partial charge < -0.3 is 4.74 Å². The number of nitrogens with one attached hydrogen (secondary N) is 1. The number of esters is 1. The maximum Gasteiger partial charge on any atom is 0.362 e. The number of hydrazone groups is 1. The van der Waals surface area contributed by atoms with E-state index < -0.39 is 27.7 Å². The van der Waals surface area contributed by atoms with Gasteiger partial charge >= 0.3 is 5.97 Å². The van der Waals surface area contributed by atoms with Crippen LogP contribution in [-0.2, 0) is 29.1 Å². The summed E-state index contributed by atoms with van der Waals surface area (Å²) in [6.45, 7) is 3.14. The predicted molar refractivity (Wildman–Crippen MR) is 88.5 cm³/mol. The lowest BCUT2D eigenvalue weighted by molar-refractivity contribution is -0.135. The molecule has 1 aliphatic heterocycles. The van der Waals surface area contributed by atoms with Crippen LogP contribution in [-0.4, -0.2) is 44.9 Å². The van der Waals surface area contributed by atoms with Gasteiger partial charge in [-0.1, -0.05) is 6.92 Å². The standard InChI is InChI=1S/C15H17N3O6S/c1-3-13(20)17-25(22,23)11-7-5-10(6-8-11)18-9-12(19)14(16-18)15(21)24-4-2/h5-8H,3-4,9H2,1-2H3,(H,17,20). The van der Waals surface area contributed by atoms with E-state index in [2.05, 4.69) is 5.10 Å². The number of Topliss-reactive ketones (excluding diaryl/α,β-unsaturated/α-hetero) is 1. The van der Waals surface area contributed by atoms with Gasteiger partial charge in [-0.05, 0) is 31.2 Å². The second-order valence-electron chi connectivity index (χ2n) is 5.03. The Bertz CT molecular complexity index is 829. The van der Waals surface area contributed by atoms with Crippen molar-refractivity contribution < 1.29 is 27.5 Å². The van der Waals surface area contributed by atoms with Crippen molar-refractivity contribution in [1.29, 1.82) is 0 Å². The van der Waals surface area contributed by atoms with Crippen LogP contribution in [0.4, 0.5) is 5.69 Å². The number of ether oxygens (including phenoxy) is 1. The Balaban J connectivity index is 2.19. The fourth-order valence-electron chi connectivity index (χ4n) is 2.00. The second kappa shape index (κ2) is 7.43. The van der Waals surface area contributed by atoms with E-state index in [1.807, 2.05) is 4.72 Å². The van der Waals surface area contributed by atoms with Gasteiger partial charge in [0.25, 0.3) is 10.0 Å². The lowest BCUT2D eigenvalue weighted by atomic mass is 10.2. The highest BCUT2D eigenvalue weighted by molar-refractivity contribution is 7.90. The molecule has 9 nitrogen and oxygen atoms in total. The molecule has 1 aromatic rings. The molecule has 0 aromatic heterocycles. The third-order valence-electron chi connectivity index (χ3n) is 3.26. The number of hydrogen-bond acceptors (Lipinski definition) is 8. The van der Waals surface area contributed by atoms with Crippen LogP contribution in [0.15, 0.2) is 34.3 Å². The summed E-state index contributed by atoms with van der Waals surface area (Å²) in [7, 11) is -3.95. The van der Waals surface area contributed by atoms with E-state index >= 15 is 0 Å². The molecule has 0 bridgehead atoms. The van der Waals surface area contributed by atoms with Crippen molar-refractivity contribution in [2.75, 3.05) is 18.2 Å². The maximum atomic E-state index is 12.0. The molecule has 134 valence electrons. The van der Waals surface area contributed by atoms with E-state index in [1.54, 1.807) is 6.92 Å². The lowest BCUT2D eigenvalue weighted by Crippen LogP contribution is -2.29. The van der Waals surface area contributed by atoms with Crippen molar-refractivity contribution in [3.8, 4) is 0 Å². The molecule has 0 fully saturated rings. The van der Waals surface area contributed by atoms with Gasteiger partial charge in [-0.3, -0.25) is 14.6 Å². The van der Waals surface area contributed by atoms with Crippen LogP contribution >= 0.6 is 0 Å². The van der Waals surface area contributed by atoms with Gasteiger partial charge in [-0.25, -0.2) is 17.9 Å². The van der Waals surface area contributed by atoms with Gasteiger partial charge in [0.1, 0.15) is 6.54 Å². The average Bonchev–Trinajstić information content (AvgIpc) is 2.96. The number of carbonyl (C=O) groups excluding carboxylic acids is 3. The Morgan fingerprint density at radius 1 is 1.24 bits per heavy atom. The number of anilines is 1. The first-order chi connectivity index (χ1) is 11.8. The zero-order valence-corrected chi connectivity index (χ0v) is 14.5. The van der Waals surface area contributed by atoms with E-state index in [9.17, 15) is 22.8 Å². The first-order valence-electron chi connectivity index (χ1n) is 7.50. The number of benzene rings is 1. The summed E-state index contributed by atoms with van der Waals surface area (Å²) in [5.41, 5.74) is 0.127. The van der Waals surface area contributed by atoms with Crippen LogP contribution in [0.1, 0.15) is 20.3 Å². The van der Waals surface area contributed by atoms with Crippen LogP contribution in [0.3, 0.4) is 0 Å². The third kappa shape index (κ3) is 4.21. The van der Waals surface area contributed by atoms with Crippen LogP contribution in [0.2, 0.25) is 0 Å². The van der Waals surface area contributed by atoms with E-state index in [0.717, 1.165) is 0 Å². The zero-order valence-electron chi connectivity index (χ0n) is 13.7. The van der Waals surface area contributed by atoms with E-state index in [0.29, 0.717) is 5.69 Å². The molecule has 25 heavy (non-hydrogen) atoms. The Morgan fingerprint density at radius 2 is 1.88 bits per heavy atom. The molecule has 0 unspecified atom stereocenters. The van der Waals surface area contributed by atoms with Crippen molar-refractivity contribution in [2.24, 2.45) is 5.10 Å². The minimum Gasteiger partial charge on any atom is -0.461 e. The van der Waals surface area contributed by atoms with E-state index in [-0.39, 0.29) is 30.2 Å². The highest BCUT2D eigenvalue weighted by Gasteiger charge is 2.31. The lowest BCUT2D eigenvalue weighted by Gasteiger charge is -2.13. The smallest absolute Gasteiger partial charge is 0.362 e. The van der Waals surface area contributed by atoms with Gasteiger partial charge in [0, 0.05) is 6.42 Å². The summed E-state index contributed by atoms with van der Waals surface area (Å²) >= 11 is 0. The number of ketones is 1. The van der Waals surface area contributed by atoms with Gasteiger partial charge in [0.2, 0.25) is 17.4 Å². The Labute approximate surface area is 144 Å². The summed E-state index contributed by atoms with van der Waals surface area (Å²) in [5.74, 6) is -1.89. The largest absolute Gasteiger partial charge is 0.461 e. The van der Waals surface area contributed by atoms with Gasteiger partial charge in [0.05, 0.1) is 17.2 Å². The minimum absolute atomic E-state index is 0.0402. The van der Waals surface area contributed by atoms with Gasteiger partial charge in [-0.15, -0.1) is 0 Å². The monoisotopic (exact) mass is 367 g/mol. The Kier molecular flexibility index (Phi) is 5.52. The van der Waals surface area contributed by atoms with E-state index in [4.69, 9.17) is 4.74 Å². The van der Waals surface area contributed by atoms with Gasteiger partial charge in [0.15, 0.2) is 0 Å². The third-order valence-corrected chi connectivity index (χ3v) is 4.65. The summed E-state index contributed by atoms with van der Waals surface area (Å²) < 4.78 is 30.7.